The van der Waals surface area contributed by atoms with Crippen LogP contribution >= 0.6 is 0 Å². The lowest BCUT2D eigenvalue weighted by atomic mass is 9.87. The number of hydrogen-bond donors (Lipinski definition) is 1. The number of nitrogens with zero attached hydrogens (tertiary/aromatic N) is 1. The fourth-order valence-corrected chi connectivity index (χ4v) is 2.74. The van der Waals surface area contributed by atoms with Crippen molar-refractivity contribution in [1.82, 2.24) is 4.90 Å². The van der Waals surface area contributed by atoms with Crippen LogP contribution in [-0.4, -0.2) is 28.9 Å². The van der Waals surface area contributed by atoms with Crippen LogP contribution in [0.15, 0.2) is 16.5 Å². The van der Waals surface area contributed by atoms with Gasteiger partial charge in [-0.3, -0.25) is 4.79 Å². The van der Waals surface area contributed by atoms with E-state index in [0.717, 1.165) is 30.9 Å². The van der Waals surface area contributed by atoms with E-state index in [0.29, 0.717) is 6.42 Å². The van der Waals surface area contributed by atoms with Crippen LogP contribution < -0.4 is 5.73 Å². The van der Waals surface area contributed by atoms with Crippen molar-refractivity contribution in [3.8, 4) is 0 Å². The van der Waals surface area contributed by atoms with Crippen LogP contribution in [0.4, 0.5) is 0 Å². The van der Waals surface area contributed by atoms with E-state index in [4.69, 9.17) is 10.2 Å². The first-order chi connectivity index (χ1) is 8.38. The summed E-state index contributed by atoms with van der Waals surface area (Å²) in [4.78, 5) is 14.3. The normalized spacial score (nSPS) is 23.1. The monoisotopic (exact) mass is 250 g/mol. The van der Waals surface area contributed by atoms with Crippen molar-refractivity contribution in [2.45, 2.75) is 51.6 Å². The van der Waals surface area contributed by atoms with E-state index in [1.807, 2.05) is 24.0 Å². The molecule has 1 aliphatic heterocycles. The van der Waals surface area contributed by atoms with Crippen molar-refractivity contribution in [2.75, 3.05) is 6.54 Å². The highest BCUT2D eigenvalue weighted by Crippen LogP contribution is 2.27. The molecule has 1 saturated heterocycles. The fraction of sp³-hybridized carbons (Fsp3) is 0.643. The molecule has 4 heteroatoms. The Bertz CT molecular complexity index is 437. The van der Waals surface area contributed by atoms with Crippen LogP contribution in [0.25, 0.3) is 0 Å². The van der Waals surface area contributed by atoms with Gasteiger partial charge in [0, 0.05) is 18.1 Å². The van der Waals surface area contributed by atoms with Crippen LogP contribution in [0, 0.1) is 6.92 Å². The molecular formula is C14H22N2O2. The molecule has 0 radical (unpaired) electrons. The van der Waals surface area contributed by atoms with Crippen LogP contribution in [-0.2, 0) is 11.2 Å². The number of likely N-dealkylation sites (tertiary alicyclic amines) is 1. The Labute approximate surface area is 108 Å². The van der Waals surface area contributed by atoms with Gasteiger partial charge in [-0.25, -0.2) is 0 Å². The average Bonchev–Trinajstić information content (AvgIpc) is 2.61. The molecular weight excluding hydrogens is 228 g/mol. The second-order valence-electron chi connectivity index (χ2n) is 5.80. The second kappa shape index (κ2) is 4.76. The Morgan fingerprint density at radius 2 is 2.28 bits per heavy atom. The molecule has 2 heterocycles. The van der Waals surface area contributed by atoms with Crippen molar-refractivity contribution in [3.63, 3.8) is 0 Å². The van der Waals surface area contributed by atoms with Gasteiger partial charge in [-0.05, 0) is 45.7 Å². The summed E-state index contributed by atoms with van der Waals surface area (Å²) in [5.74, 6) is 1.71. The van der Waals surface area contributed by atoms with E-state index < -0.39 is 0 Å². The van der Waals surface area contributed by atoms with Gasteiger partial charge in [0.15, 0.2) is 0 Å². The van der Waals surface area contributed by atoms with Gasteiger partial charge in [0.05, 0.1) is 6.42 Å². The van der Waals surface area contributed by atoms with Crippen molar-refractivity contribution in [3.05, 3.63) is 23.7 Å². The number of nitrogens with two attached hydrogens (primary N) is 1. The van der Waals surface area contributed by atoms with E-state index in [1.54, 1.807) is 0 Å². The lowest BCUT2D eigenvalue weighted by Crippen LogP contribution is -2.56. The van der Waals surface area contributed by atoms with Gasteiger partial charge in [0.2, 0.25) is 5.91 Å². The molecule has 4 nitrogen and oxygen atoms in total. The van der Waals surface area contributed by atoms with E-state index in [9.17, 15) is 4.79 Å². The summed E-state index contributed by atoms with van der Waals surface area (Å²) in [6.07, 6.45) is 2.08. The lowest BCUT2D eigenvalue weighted by Gasteiger charge is -2.44. The molecule has 0 aliphatic carbocycles. The predicted molar refractivity (Wildman–Crippen MR) is 70.2 cm³/mol. The van der Waals surface area contributed by atoms with E-state index in [1.165, 1.54) is 0 Å². The zero-order valence-corrected chi connectivity index (χ0v) is 11.4. The second-order valence-corrected chi connectivity index (χ2v) is 5.80. The van der Waals surface area contributed by atoms with Crippen LogP contribution in [0.5, 0.6) is 0 Å². The van der Waals surface area contributed by atoms with Crippen molar-refractivity contribution < 1.29 is 9.21 Å². The first kappa shape index (κ1) is 13.1. The standard InChI is InChI=1S/C14H22N2O2/c1-10-4-5-12(18-10)8-13(17)16-7-6-11(15)9-14(16,2)3/h4-5,11H,6-9,15H2,1-3H3. The molecule has 0 spiro atoms. The Hall–Kier alpha value is -1.29. The third-order valence-corrected chi connectivity index (χ3v) is 3.64. The molecule has 1 fully saturated rings. The topological polar surface area (TPSA) is 59.5 Å². The average molecular weight is 250 g/mol. The first-order valence-corrected chi connectivity index (χ1v) is 6.50. The molecule has 1 aliphatic rings. The number of aryl methyl sites for hydroxylation is 1. The Morgan fingerprint density at radius 3 is 2.83 bits per heavy atom. The molecule has 1 amide bonds. The maximum atomic E-state index is 12.3. The zero-order chi connectivity index (χ0) is 13.3. The maximum absolute atomic E-state index is 12.3. The molecule has 100 valence electrons. The molecule has 1 aromatic rings. The van der Waals surface area contributed by atoms with Crippen LogP contribution in [0.2, 0.25) is 0 Å². The molecule has 2 rings (SSSR count). The Kier molecular flexibility index (Phi) is 3.48. The number of carbonyl (C=O) groups is 1. The van der Waals surface area contributed by atoms with E-state index in [-0.39, 0.29) is 17.5 Å². The number of furan rings is 1. The first-order valence-electron chi connectivity index (χ1n) is 6.50. The van der Waals surface area contributed by atoms with E-state index in [2.05, 4.69) is 13.8 Å². The largest absolute Gasteiger partial charge is 0.466 e. The summed E-state index contributed by atoms with van der Waals surface area (Å²) in [5, 5.41) is 0. The summed E-state index contributed by atoms with van der Waals surface area (Å²) in [6, 6.07) is 3.96. The van der Waals surface area contributed by atoms with E-state index >= 15 is 0 Å². The number of rotatable bonds is 2. The number of amides is 1. The summed E-state index contributed by atoms with van der Waals surface area (Å²) >= 11 is 0. The Morgan fingerprint density at radius 1 is 1.56 bits per heavy atom. The minimum absolute atomic E-state index is 0.126. The maximum Gasteiger partial charge on any atom is 0.230 e. The summed E-state index contributed by atoms with van der Waals surface area (Å²) < 4.78 is 5.46. The van der Waals surface area contributed by atoms with Crippen molar-refractivity contribution >= 4 is 5.91 Å². The Balaban J connectivity index is 2.04. The van der Waals surface area contributed by atoms with Gasteiger partial charge in [-0.2, -0.15) is 0 Å². The predicted octanol–water partition coefficient (Wildman–Crippen LogP) is 1.86. The smallest absolute Gasteiger partial charge is 0.230 e. The number of carbonyl (C=O) groups excluding carboxylic acids is 1. The molecule has 18 heavy (non-hydrogen) atoms. The summed E-state index contributed by atoms with van der Waals surface area (Å²) in [5.41, 5.74) is 5.82. The van der Waals surface area contributed by atoms with Crippen LogP contribution in [0.3, 0.4) is 0 Å². The van der Waals surface area contributed by atoms with Gasteiger partial charge in [0.1, 0.15) is 11.5 Å². The molecule has 0 saturated carbocycles. The molecule has 0 bridgehead atoms. The fourth-order valence-electron chi connectivity index (χ4n) is 2.74. The van der Waals surface area contributed by atoms with Gasteiger partial charge >= 0.3 is 0 Å². The van der Waals surface area contributed by atoms with Gasteiger partial charge < -0.3 is 15.1 Å². The van der Waals surface area contributed by atoms with Gasteiger partial charge in [0.25, 0.3) is 0 Å². The summed E-state index contributed by atoms with van der Waals surface area (Å²) in [6.45, 7) is 6.79. The molecule has 1 unspecified atom stereocenters. The zero-order valence-electron chi connectivity index (χ0n) is 11.4. The third kappa shape index (κ3) is 2.75. The molecule has 1 aromatic heterocycles. The minimum Gasteiger partial charge on any atom is -0.466 e. The van der Waals surface area contributed by atoms with Gasteiger partial charge in [-0.15, -0.1) is 0 Å². The molecule has 1 atom stereocenters. The molecule has 0 aromatic carbocycles. The minimum atomic E-state index is -0.156. The lowest BCUT2D eigenvalue weighted by molar-refractivity contribution is -0.138. The third-order valence-electron chi connectivity index (χ3n) is 3.64. The quantitative estimate of drug-likeness (QED) is 0.871. The molecule has 2 N–H and O–H groups in total. The number of piperidine rings is 1. The highest BCUT2D eigenvalue weighted by Gasteiger charge is 2.36. The number of hydrogen-bond acceptors (Lipinski definition) is 3. The van der Waals surface area contributed by atoms with Crippen molar-refractivity contribution in [2.24, 2.45) is 5.73 Å². The van der Waals surface area contributed by atoms with Gasteiger partial charge in [-0.1, -0.05) is 0 Å². The SMILES string of the molecule is Cc1ccc(CC(=O)N2CCC(N)CC2(C)C)o1. The highest BCUT2D eigenvalue weighted by molar-refractivity contribution is 5.79. The highest BCUT2D eigenvalue weighted by atomic mass is 16.3. The summed E-state index contributed by atoms with van der Waals surface area (Å²) in [7, 11) is 0. The van der Waals surface area contributed by atoms with Crippen LogP contribution in [0.1, 0.15) is 38.2 Å². The van der Waals surface area contributed by atoms with Crippen molar-refractivity contribution in [1.29, 1.82) is 0 Å².